The summed E-state index contributed by atoms with van der Waals surface area (Å²) in [6, 6.07) is 3.48. The molecule has 0 unspecified atom stereocenters. The van der Waals surface area contributed by atoms with Crippen molar-refractivity contribution in [3.63, 3.8) is 0 Å². The van der Waals surface area contributed by atoms with Crippen molar-refractivity contribution in [1.82, 2.24) is 10.2 Å². The first-order valence-electron chi connectivity index (χ1n) is 6.53. The van der Waals surface area contributed by atoms with Gasteiger partial charge in [-0.3, -0.25) is 14.4 Å². The van der Waals surface area contributed by atoms with Crippen LogP contribution < -0.4 is 5.32 Å². The quantitative estimate of drug-likeness (QED) is 0.797. The molecule has 6 nitrogen and oxygen atoms in total. The van der Waals surface area contributed by atoms with Crippen LogP contribution in [-0.4, -0.2) is 47.9 Å². The van der Waals surface area contributed by atoms with Crippen LogP contribution in [0.15, 0.2) is 17.5 Å². The summed E-state index contributed by atoms with van der Waals surface area (Å²) in [6.45, 7) is 3.42. The third-order valence-electron chi connectivity index (χ3n) is 3.11. The molecule has 0 saturated heterocycles. The first kappa shape index (κ1) is 17.2. The first-order valence-corrected chi connectivity index (χ1v) is 7.41. The van der Waals surface area contributed by atoms with Gasteiger partial charge in [0.1, 0.15) is 0 Å². The Balaban J connectivity index is 2.37. The van der Waals surface area contributed by atoms with Crippen molar-refractivity contribution in [2.75, 3.05) is 20.1 Å². The van der Waals surface area contributed by atoms with Gasteiger partial charge in [-0.25, -0.2) is 0 Å². The fraction of sp³-hybridized carbons (Fsp3) is 0.500. The third kappa shape index (κ3) is 5.18. The van der Waals surface area contributed by atoms with Gasteiger partial charge in [-0.1, -0.05) is 6.07 Å². The van der Waals surface area contributed by atoms with Gasteiger partial charge in [0.25, 0.3) is 5.91 Å². The molecular weight excluding hydrogens is 292 g/mol. The average Bonchev–Trinajstić information content (AvgIpc) is 2.90. The van der Waals surface area contributed by atoms with E-state index >= 15 is 0 Å². The van der Waals surface area contributed by atoms with Crippen molar-refractivity contribution >= 4 is 29.1 Å². The molecule has 2 N–H and O–H groups in total. The normalized spacial score (nSPS) is 11.0. The second-order valence-electron chi connectivity index (χ2n) is 5.43. The maximum atomic E-state index is 11.9. The highest BCUT2D eigenvalue weighted by Gasteiger charge is 2.26. The molecule has 0 aliphatic heterocycles. The highest BCUT2D eigenvalue weighted by Crippen LogP contribution is 2.19. The molecular formula is C14H20N2O4S. The molecule has 1 aromatic heterocycles. The minimum Gasteiger partial charge on any atom is -0.481 e. The topological polar surface area (TPSA) is 86.7 Å². The number of nitrogens with zero attached hydrogens (tertiary/aromatic N) is 1. The zero-order valence-corrected chi connectivity index (χ0v) is 13.2. The molecule has 0 spiro atoms. The lowest BCUT2D eigenvalue weighted by Crippen LogP contribution is -2.39. The molecule has 1 heterocycles. The van der Waals surface area contributed by atoms with Gasteiger partial charge in [0.2, 0.25) is 5.91 Å². The fourth-order valence-electron chi connectivity index (χ4n) is 1.55. The van der Waals surface area contributed by atoms with Crippen LogP contribution in [0.3, 0.4) is 0 Å². The molecule has 0 aliphatic rings. The van der Waals surface area contributed by atoms with Gasteiger partial charge in [0.05, 0.1) is 16.8 Å². The molecule has 0 bridgehead atoms. The van der Waals surface area contributed by atoms with E-state index in [1.165, 1.54) is 16.2 Å². The Morgan fingerprint density at radius 3 is 2.57 bits per heavy atom. The number of carboxylic acids is 1. The Morgan fingerprint density at radius 1 is 1.38 bits per heavy atom. The minimum atomic E-state index is -0.901. The standard InChI is InChI=1S/C14H20N2O4S/c1-14(2,13(19)20)6-7-15-11(17)9-16(3)12(18)10-5-4-8-21-10/h4-5,8H,6-7,9H2,1-3H3,(H,15,17)(H,19,20). The van der Waals surface area contributed by atoms with Gasteiger partial charge in [-0.2, -0.15) is 0 Å². The highest BCUT2D eigenvalue weighted by atomic mass is 32.1. The number of nitrogens with one attached hydrogen (secondary N) is 1. The summed E-state index contributed by atoms with van der Waals surface area (Å²) >= 11 is 1.32. The summed E-state index contributed by atoms with van der Waals surface area (Å²) in [4.78, 5) is 36.5. The lowest BCUT2D eigenvalue weighted by atomic mass is 9.90. The summed E-state index contributed by atoms with van der Waals surface area (Å²) in [5.41, 5.74) is -0.883. The van der Waals surface area contributed by atoms with Crippen molar-refractivity contribution in [2.24, 2.45) is 5.41 Å². The number of aliphatic carboxylic acids is 1. The van der Waals surface area contributed by atoms with Crippen molar-refractivity contribution in [1.29, 1.82) is 0 Å². The fourth-order valence-corrected chi connectivity index (χ4v) is 2.27. The summed E-state index contributed by atoms with van der Waals surface area (Å²) in [6.07, 6.45) is 0.330. The van der Waals surface area contributed by atoms with Crippen LogP contribution in [0.1, 0.15) is 29.9 Å². The SMILES string of the molecule is CN(CC(=O)NCCC(C)(C)C(=O)O)C(=O)c1cccs1. The smallest absolute Gasteiger partial charge is 0.309 e. The van der Waals surface area contributed by atoms with Gasteiger partial charge >= 0.3 is 5.97 Å². The molecule has 0 aromatic carbocycles. The summed E-state index contributed by atoms with van der Waals surface area (Å²) in [7, 11) is 1.56. The monoisotopic (exact) mass is 312 g/mol. The second kappa shape index (κ2) is 7.21. The van der Waals surface area contributed by atoms with E-state index in [-0.39, 0.29) is 24.9 Å². The van der Waals surface area contributed by atoms with Crippen molar-refractivity contribution in [3.8, 4) is 0 Å². The Labute approximate surface area is 127 Å². The predicted octanol–water partition coefficient (Wildman–Crippen LogP) is 1.44. The molecule has 0 aliphatic carbocycles. The zero-order valence-electron chi connectivity index (χ0n) is 12.4. The molecule has 0 fully saturated rings. The number of carbonyl (C=O) groups excluding carboxylic acids is 2. The average molecular weight is 312 g/mol. The largest absolute Gasteiger partial charge is 0.481 e. The van der Waals surface area contributed by atoms with E-state index in [1.807, 2.05) is 0 Å². The molecule has 21 heavy (non-hydrogen) atoms. The van der Waals surface area contributed by atoms with E-state index in [0.29, 0.717) is 11.3 Å². The number of hydrogen-bond acceptors (Lipinski definition) is 4. The molecule has 2 amide bonds. The Morgan fingerprint density at radius 2 is 2.05 bits per heavy atom. The van der Waals surface area contributed by atoms with Gasteiger partial charge in [0.15, 0.2) is 0 Å². The predicted molar refractivity (Wildman–Crippen MR) is 80.3 cm³/mol. The van der Waals surface area contributed by atoms with Crippen molar-refractivity contribution < 1.29 is 19.5 Å². The van der Waals surface area contributed by atoms with E-state index in [9.17, 15) is 14.4 Å². The van der Waals surface area contributed by atoms with E-state index in [0.717, 1.165) is 0 Å². The Bertz CT molecular complexity index is 511. The third-order valence-corrected chi connectivity index (χ3v) is 3.97. The molecule has 7 heteroatoms. The van der Waals surface area contributed by atoms with E-state index in [1.54, 1.807) is 38.4 Å². The second-order valence-corrected chi connectivity index (χ2v) is 6.38. The van der Waals surface area contributed by atoms with Gasteiger partial charge < -0.3 is 15.3 Å². The van der Waals surface area contributed by atoms with Gasteiger partial charge in [0, 0.05) is 13.6 Å². The number of hydrogen-bond donors (Lipinski definition) is 2. The van der Waals surface area contributed by atoms with Crippen LogP contribution >= 0.6 is 11.3 Å². The summed E-state index contributed by atoms with van der Waals surface area (Å²) in [5.74, 6) is -1.41. The van der Waals surface area contributed by atoms with Crippen LogP contribution in [0, 0.1) is 5.41 Å². The molecule has 1 aromatic rings. The number of likely N-dealkylation sites (N-methyl/N-ethyl adjacent to an activating group) is 1. The lowest BCUT2D eigenvalue weighted by molar-refractivity contribution is -0.147. The molecule has 0 radical (unpaired) electrons. The van der Waals surface area contributed by atoms with Crippen LogP contribution in [-0.2, 0) is 9.59 Å². The number of carboxylic acid groups (broad SMARTS) is 1. The summed E-state index contributed by atoms with van der Waals surface area (Å²) in [5, 5.41) is 13.4. The van der Waals surface area contributed by atoms with E-state index in [4.69, 9.17) is 5.11 Å². The minimum absolute atomic E-state index is 0.0514. The lowest BCUT2D eigenvalue weighted by Gasteiger charge is -2.20. The van der Waals surface area contributed by atoms with Crippen LogP contribution in [0.4, 0.5) is 0 Å². The van der Waals surface area contributed by atoms with Crippen molar-refractivity contribution in [3.05, 3.63) is 22.4 Å². The number of rotatable bonds is 7. The zero-order chi connectivity index (χ0) is 16.0. The van der Waals surface area contributed by atoms with Crippen LogP contribution in [0.5, 0.6) is 0 Å². The molecule has 0 saturated carbocycles. The van der Waals surface area contributed by atoms with Gasteiger partial charge in [-0.15, -0.1) is 11.3 Å². The Hall–Kier alpha value is -1.89. The number of carbonyl (C=O) groups is 3. The number of thiophene rings is 1. The Kier molecular flexibility index (Phi) is 5.90. The molecule has 116 valence electrons. The molecule has 1 rings (SSSR count). The van der Waals surface area contributed by atoms with Crippen LogP contribution in [0.2, 0.25) is 0 Å². The highest BCUT2D eigenvalue weighted by molar-refractivity contribution is 7.12. The van der Waals surface area contributed by atoms with E-state index < -0.39 is 11.4 Å². The maximum absolute atomic E-state index is 11.9. The molecule has 0 atom stereocenters. The van der Waals surface area contributed by atoms with Crippen molar-refractivity contribution in [2.45, 2.75) is 20.3 Å². The van der Waals surface area contributed by atoms with Crippen LogP contribution in [0.25, 0.3) is 0 Å². The summed E-state index contributed by atoms with van der Waals surface area (Å²) < 4.78 is 0. The maximum Gasteiger partial charge on any atom is 0.309 e. The first-order chi connectivity index (χ1) is 9.74. The van der Waals surface area contributed by atoms with E-state index in [2.05, 4.69) is 5.32 Å². The van der Waals surface area contributed by atoms with Gasteiger partial charge in [-0.05, 0) is 31.7 Å². The number of amides is 2.